The molecule has 0 atom stereocenters. The fraction of sp³-hybridized carbons (Fsp3) is 0.167. The van der Waals surface area contributed by atoms with Crippen molar-refractivity contribution in [1.29, 1.82) is 5.41 Å². The summed E-state index contributed by atoms with van der Waals surface area (Å²) in [5.41, 5.74) is 6.95. The second-order valence-electron chi connectivity index (χ2n) is 3.61. The number of carbonyl (C=O) groups is 1. The van der Waals surface area contributed by atoms with Gasteiger partial charge in [-0.25, -0.2) is 4.39 Å². The average Bonchev–Trinajstić information content (AvgIpc) is 2.26. The van der Waals surface area contributed by atoms with E-state index in [1.807, 2.05) is 0 Å². The highest BCUT2D eigenvalue weighted by atomic mass is 19.1. The molecule has 5 heteroatoms. The van der Waals surface area contributed by atoms with Crippen LogP contribution in [0.5, 0.6) is 0 Å². The van der Waals surface area contributed by atoms with Crippen molar-refractivity contribution in [2.45, 2.75) is 13.8 Å². The smallest absolute Gasteiger partial charge is 0.222 e. The third-order valence-electron chi connectivity index (χ3n) is 2.22. The molecule has 0 unspecified atom stereocenters. The minimum Gasteiger partial charge on any atom is -0.398 e. The van der Waals surface area contributed by atoms with Crippen LogP contribution in [-0.2, 0) is 4.79 Å². The first-order valence-electron chi connectivity index (χ1n) is 5.00. The number of hydrogen-bond donors (Lipinski definition) is 3. The SMILES string of the molecule is CC(=O)NC(=N)C(C)=C(N)c1cccc(F)c1. The van der Waals surface area contributed by atoms with Crippen LogP contribution in [0.25, 0.3) is 5.70 Å². The number of nitrogens with two attached hydrogens (primary N) is 1. The number of carbonyl (C=O) groups excluding carboxylic acids is 1. The summed E-state index contributed by atoms with van der Waals surface area (Å²) in [6.45, 7) is 2.90. The fourth-order valence-corrected chi connectivity index (χ4v) is 1.28. The van der Waals surface area contributed by atoms with Gasteiger partial charge in [0.2, 0.25) is 5.91 Å². The number of hydrogen-bond acceptors (Lipinski definition) is 3. The Hall–Kier alpha value is -2.17. The summed E-state index contributed by atoms with van der Waals surface area (Å²) in [6, 6.07) is 5.76. The first-order chi connectivity index (χ1) is 7.91. The van der Waals surface area contributed by atoms with E-state index < -0.39 is 5.82 Å². The van der Waals surface area contributed by atoms with Crippen LogP contribution in [-0.4, -0.2) is 11.7 Å². The minimum atomic E-state index is -0.399. The molecule has 0 saturated carbocycles. The maximum atomic E-state index is 13.0. The van der Waals surface area contributed by atoms with E-state index in [0.717, 1.165) is 0 Å². The van der Waals surface area contributed by atoms with Crippen LogP contribution in [0.4, 0.5) is 4.39 Å². The standard InChI is InChI=1S/C12H14FN3O/c1-7(12(15)16-8(2)17)11(14)9-4-3-5-10(13)6-9/h3-6H,14H2,1-2H3,(H2,15,16,17). The Balaban J connectivity index is 3.04. The normalized spacial score (nSPS) is 11.7. The van der Waals surface area contributed by atoms with Gasteiger partial charge in [0, 0.05) is 23.8 Å². The number of halogens is 1. The molecular formula is C12H14FN3O. The Morgan fingerprint density at radius 2 is 2.06 bits per heavy atom. The summed E-state index contributed by atoms with van der Waals surface area (Å²) in [5, 5.41) is 9.92. The van der Waals surface area contributed by atoms with E-state index in [1.54, 1.807) is 13.0 Å². The van der Waals surface area contributed by atoms with Crippen LogP contribution in [0.1, 0.15) is 19.4 Å². The first kappa shape index (κ1) is 12.9. The zero-order valence-corrected chi connectivity index (χ0v) is 9.67. The summed E-state index contributed by atoms with van der Waals surface area (Å²) < 4.78 is 13.0. The molecule has 0 bridgehead atoms. The van der Waals surface area contributed by atoms with Crippen LogP contribution in [0.2, 0.25) is 0 Å². The lowest BCUT2D eigenvalue weighted by molar-refractivity contribution is -0.117. The third-order valence-corrected chi connectivity index (χ3v) is 2.22. The molecule has 0 heterocycles. The molecule has 0 aliphatic carbocycles. The number of amidine groups is 1. The molecule has 0 radical (unpaired) electrons. The molecule has 1 aromatic rings. The van der Waals surface area contributed by atoms with Crippen molar-refractivity contribution in [3.05, 3.63) is 41.2 Å². The van der Waals surface area contributed by atoms with Crippen molar-refractivity contribution in [3.63, 3.8) is 0 Å². The molecular weight excluding hydrogens is 221 g/mol. The zero-order chi connectivity index (χ0) is 13.0. The van der Waals surface area contributed by atoms with Crippen LogP contribution < -0.4 is 11.1 Å². The highest BCUT2D eigenvalue weighted by Gasteiger charge is 2.08. The molecule has 0 fully saturated rings. The van der Waals surface area contributed by atoms with Gasteiger partial charge in [-0.2, -0.15) is 0 Å². The van der Waals surface area contributed by atoms with Gasteiger partial charge in [-0.3, -0.25) is 10.2 Å². The zero-order valence-electron chi connectivity index (χ0n) is 9.67. The summed E-state index contributed by atoms with van der Waals surface area (Å²) in [5.74, 6) is -0.829. The summed E-state index contributed by atoms with van der Waals surface area (Å²) in [7, 11) is 0. The van der Waals surface area contributed by atoms with Gasteiger partial charge >= 0.3 is 0 Å². The average molecular weight is 235 g/mol. The predicted molar refractivity (Wildman–Crippen MR) is 64.7 cm³/mol. The Labute approximate surface area is 98.8 Å². The third kappa shape index (κ3) is 3.41. The quantitative estimate of drug-likeness (QED) is 0.538. The van der Waals surface area contributed by atoms with Gasteiger partial charge in [0.15, 0.2) is 0 Å². The number of nitrogens with one attached hydrogen (secondary N) is 2. The van der Waals surface area contributed by atoms with E-state index in [9.17, 15) is 9.18 Å². The molecule has 1 aromatic carbocycles. The highest BCUT2D eigenvalue weighted by Crippen LogP contribution is 2.14. The summed E-state index contributed by atoms with van der Waals surface area (Å²) >= 11 is 0. The van der Waals surface area contributed by atoms with Crippen molar-refractivity contribution in [3.8, 4) is 0 Å². The molecule has 1 rings (SSSR count). The van der Waals surface area contributed by atoms with Crippen LogP contribution >= 0.6 is 0 Å². The van der Waals surface area contributed by atoms with Crippen LogP contribution in [0, 0.1) is 11.2 Å². The van der Waals surface area contributed by atoms with Gasteiger partial charge in [0.25, 0.3) is 0 Å². The maximum absolute atomic E-state index is 13.0. The lowest BCUT2D eigenvalue weighted by Crippen LogP contribution is -2.29. The van der Waals surface area contributed by atoms with E-state index >= 15 is 0 Å². The van der Waals surface area contributed by atoms with Crippen molar-refractivity contribution < 1.29 is 9.18 Å². The predicted octanol–water partition coefficient (Wildman–Crippen LogP) is 1.63. The van der Waals surface area contributed by atoms with Gasteiger partial charge in [-0.15, -0.1) is 0 Å². The van der Waals surface area contributed by atoms with Crippen LogP contribution in [0.3, 0.4) is 0 Å². The molecule has 0 spiro atoms. The molecule has 4 nitrogen and oxygen atoms in total. The molecule has 0 aliphatic rings. The number of amides is 1. The molecule has 0 aliphatic heterocycles. The molecule has 0 saturated heterocycles. The van der Waals surface area contributed by atoms with Gasteiger partial charge < -0.3 is 11.1 Å². The summed E-state index contributed by atoms with van der Waals surface area (Å²) in [6.07, 6.45) is 0. The number of benzene rings is 1. The Morgan fingerprint density at radius 1 is 1.41 bits per heavy atom. The first-order valence-corrected chi connectivity index (χ1v) is 5.00. The molecule has 1 amide bonds. The minimum absolute atomic E-state index is 0.0840. The largest absolute Gasteiger partial charge is 0.398 e. The lowest BCUT2D eigenvalue weighted by atomic mass is 10.1. The molecule has 90 valence electrons. The van der Waals surface area contributed by atoms with Gasteiger partial charge in [-0.1, -0.05) is 12.1 Å². The molecule has 4 N–H and O–H groups in total. The topological polar surface area (TPSA) is 79.0 Å². The van der Waals surface area contributed by atoms with Gasteiger partial charge in [0.05, 0.1) is 0 Å². The Kier molecular flexibility index (Phi) is 3.98. The van der Waals surface area contributed by atoms with E-state index in [1.165, 1.54) is 25.1 Å². The molecule has 0 aromatic heterocycles. The monoisotopic (exact) mass is 235 g/mol. The second kappa shape index (κ2) is 5.25. The van der Waals surface area contributed by atoms with Gasteiger partial charge in [-0.05, 0) is 19.1 Å². The maximum Gasteiger partial charge on any atom is 0.222 e. The van der Waals surface area contributed by atoms with Crippen molar-refractivity contribution in [2.24, 2.45) is 5.73 Å². The highest BCUT2D eigenvalue weighted by molar-refractivity contribution is 6.08. The van der Waals surface area contributed by atoms with Crippen molar-refractivity contribution >= 4 is 17.4 Å². The number of rotatable bonds is 2. The molecule has 17 heavy (non-hydrogen) atoms. The summed E-state index contributed by atoms with van der Waals surface area (Å²) in [4.78, 5) is 10.8. The Bertz CT molecular complexity index is 494. The van der Waals surface area contributed by atoms with E-state index in [2.05, 4.69) is 5.32 Å². The van der Waals surface area contributed by atoms with Crippen molar-refractivity contribution in [1.82, 2.24) is 5.32 Å². The van der Waals surface area contributed by atoms with Crippen LogP contribution in [0.15, 0.2) is 29.8 Å². The van der Waals surface area contributed by atoms with E-state index in [4.69, 9.17) is 11.1 Å². The fourth-order valence-electron chi connectivity index (χ4n) is 1.28. The Morgan fingerprint density at radius 3 is 2.59 bits per heavy atom. The van der Waals surface area contributed by atoms with Crippen molar-refractivity contribution in [2.75, 3.05) is 0 Å². The van der Waals surface area contributed by atoms with E-state index in [-0.39, 0.29) is 17.4 Å². The lowest BCUT2D eigenvalue weighted by Gasteiger charge is -2.09. The second-order valence-corrected chi connectivity index (χ2v) is 3.61. The van der Waals surface area contributed by atoms with E-state index in [0.29, 0.717) is 11.1 Å². The van der Waals surface area contributed by atoms with Gasteiger partial charge in [0.1, 0.15) is 11.7 Å².